The van der Waals surface area contributed by atoms with Gasteiger partial charge in [-0.25, -0.2) is 9.97 Å². The van der Waals surface area contributed by atoms with Gasteiger partial charge in [0.2, 0.25) is 0 Å². The van der Waals surface area contributed by atoms with Crippen LogP contribution in [0.1, 0.15) is 39.8 Å². The molecule has 2 heterocycles. The number of aromatic nitrogens is 2. The number of nitriles is 1. The van der Waals surface area contributed by atoms with Crippen LogP contribution in [-0.4, -0.2) is 15.8 Å². The van der Waals surface area contributed by atoms with Crippen molar-refractivity contribution in [3.05, 3.63) is 63.8 Å². The molecule has 0 aliphatic carbocycles. The first-order valence-corrected chi connectivity index (χ1v) is 10.2. The molecule has 0 aliphatic rings. The molecule has 9 heteroatoms. The third-order valence-electron chi connectivity index (χ3n) is 4.05. The second-order valence-electron chi connectivity index (χ2n) is 6.15. The first kappa shape index (κ1) is 21.0. The molecule has 29 heavy (non-hydrogen) atoms. The maximum absolute atomic E-state index is 12.7. The van der Waals surface area contributed by atoms with Crippen LogP contribution in [0.4, 0.5) is 13.2 Å². The van der Waals surface area contributed by atoms with Crippen molar-refractivity contribution < 1.29 is 18.0 Å². The van der Waals surface area contributed by atoms with E-state index in [9.17, 15) is 23.2 Å². The zero-order chi connectivity index (χ0) is 21.2. The lowest BCUT2D eigenvalue weighted by Crippen LogP contribution is -2.03. The summed E-state index contributed by atoms with van der Waals surface area (Å²) < 4.78 is 38.1. The zero-order valence-corrected chi connectivity index (χ0v) is 17.0. The van der Waals surface area contributed by atoms with Crippen molar-refractivity contribution in [2.75, 3.05) is 0 Å². The number of aryl methyl sites for hydroxylation is 1. The van der Waals surface area contributed by atoms with Gasteiger partial charge in [-0.15, -0.1) is 11.3 Å². The van der Waals surface area contributed by atoms with E-state index in [0.717, 1.165) is 17.8 Å². The fourth-order valence-corrected chi connectivity index (χ4v) is 4.41. The minimum Gasteiger partial charge on any atom is -0.294 e. The number of rotatable bonds is 5. The molecule has 0 aliphatic heterocycles. The van der Waals surface area contributed by atoms with E-state index in [1.807, 2.05) is 5.38 Å². The quantitative estimate of drug-likeness (QED) is 0.370. The van der Waals surface area contributed by atoms with Crippen molar-refractivity contribution >= 4 is 28.9 Å². The highest BCUT2D eigenvalue weighted by Crippen LogP contribution is 2.33. The summed E-state index contributed by atoms with van der Waals surface area (Å²) in [4.78, 5) is 20.4. The topological polar surface area (TPSA) is 66.6 Å². The lowest BCUT2D eigenvalue weighted by atomic mass is 10.1. The zero-order valence-electron chi connectivity index (χ0n) is 15.4. The van der Waals surface area contributed by atoms with Gasteiger partial charge in [0.1, 0.15) is 16.1 Å². The van der Waals surface area contributed by atoms with E-state index in [-0.39, 0.29) is 5.78 Å². The second-order valence-corrected chi connectivity index (χ2v) is 7.97. The van der Waals surface area contributed by atoms with E-state index in [1.165, 1.54) is 42.2 Å². The SMILES string of the molecule is CC(=O)c1cc(C#N)c(SCc2csc(-c3ccc(C(F)(F)F)cc3)n2)nc1C. The monoisotopic (exact) mass is 433 g/mol. The molecule has 148 valence electrons. The number of Topliss-reactive ketones (excluding diaryl/α,β-unsaturated/α-hetero) is 1. The average Bonchev–Trinajstić information content (AvgIpc) is 3.14. The van der Waals surface area contributed by atoms with Crippen LogP contribution in [-0.2, 0) is 11.9 Å². The number of hydrogen-bond acceptors (Lipinski definition) is 6. The summed E-state index contributed by atoms with van der Waals surface area (Å²) in [7, 11) is 0. The Hall–Kier alpha value is -2.70. The molecule has 0 atom stereocenters. The minimum atomic E-state index is -4.37. The molecule has 0 saturated carbocycles. The third-order valence-corrected chi connectivity index (χ3v) is 6.01. The molecule has 0 amide bonds. The molecule has 0 N–H and O–H groups in total. The lowest BCUT2D eigenvalue weighted by molar-refractivity contribution is -0.137. The van der Waals surface area contributed by atoms with E-state index >= 15 is 0 Å². The largest absolute Gasteiger partial charge is 0.416 e. The van der Waals surface area contributed by atoms with Crippen LogP contribution in [0.15, 0.2) is 40.7 Å². The number of benzene rings is 1. The number of carbonyl (C=O) groups is 1. The molecule has 0 radical (unpaired) electrons. The van der Waals surface area contributed by atoms with Crippen molar-refractivity contribution in [2.24, 2.45) is 0 Å². The van der Waals surface area contributed by atoms with E-state index in [0.29, 0.717) is 38.2 Å². The van der Waals surface area contributed by atoms with E-state index < -0.39 is 11.7 Å². The standard InChI is InChI=1S/C20H14F3N3OS2/c1-11-17(12(2)27)7-14(8-24)19(25-11)29-10-16-9-28-18(26-16)13-3-5-15(6-4-13)20(21,22)23/h3-7,9H,10H2,1-2H3. The van der Waals surface area contributed by atoms with Crippen LogP contribution >= 0.6 is 23.1 Å². The van der Waals surface area contributed by atoms with Crippen LogP contribution in [0.2, 0.25) is 0 Å². The summed E-state index contributed by atoms with van der Waals surface area (Å²) in [5.41, 5.74) is 1.94. The molecule has 0 spiro atoms. The highest BCUT2D eigenvalue weighted by molar-refractivity contribution is 7.98. The molecular weight excluding hydrogens is 419 g/mol. The molecule has 0 bridgehead atoms. The Labute approximate surface area is 173 Å². The summed E-state index contributed by atoms with van der Waals surface area (Å²) in [6.45, 7) is 3.14. The van der Waals surface area contributed by atoms with Gasteiger partial charge in [0.25, 0.3) is 0 Å². The van der Waals surface area contributed by atoms with Crippen LogP contribution in [0, 0.1) is 18.3 Å². The Morgan fingerprint density at radius 2 is 1.93 bits per heavy atom. The van der Waals surface area contributed by atoms with Crippen molar-refractivity contribution in [1.82, 2.24) is 9.97 Å². The molecule has 2 aromatic heterocycles. The number of hydrogen-bond donors (Lipinski definition) is 0. The van der Waals surface area contributed by atoms with E-state index in [1.54, 1.807) is 13.0 Å². The minimum absolute atomic E-state index is 0.149. The van der Waals surface area contributed by atoms with Crippen LogP contribution in [0.3, 0.4) is 0 Å². The van der Waals surface area contributed by atoms with Crippen molar-refractivity contribution in [1.29, 1.82) is 5.26 Å². The fourth-order valence-electron chi connectivity index (χ4n) is 2.58. The number of thiazole rings is 1. The Bertz CT molecular complexity index is 1100. The van der Waals surface area contributed by atoms with Crippen molar-refractivity contribution in [3.63, 3.8) is 0 Å². The summed E-state index contributed by atoms with van der Waals surface area (Å²) in [5.74, 6) is 0.293. The number of alkyl halides is 3. The highest BCUT2D eigenvalue weighted by Gasteiger charge is 2.30. The first-order chi connectivity index (χ1) is 13.7. The number of carbonyl (C=O) groups excluding carboxylic acids is 1. The average molecular weight is 433 g/mol. The highest BCUT2D eigenvalue weighted by atomic mass is 32.2. The normalized spacial score (nSPS) is 11.3. The van der Waals surface area contributed by atoms with Gasteiger partial charge in [0.15, 0.2) is 5.78 Å². The molecule has 4 nitrogen and oxygen atoms in total. The number of thioether (sulfide) groups is 1. The predicted molar refractivity (Wildman–Crippen MR) is 106 cm³/mol. The maximum atomic E-state index is 12.7. The van der Waals surface area contributed by atoms with Gasteiger partial charge in [-0.1, -0.05) is 23.9 Å². The second kappa shape index (κ2) is 8.35. The first-order valence-electron chi connectivity index (χ1n) is 8.36. The Morgan fingerprint density at radius 3 is 2.52 bits per heavy atom. The van der Waals surface area contributed by atoms with Crippen LogP contribution in [0.5, 0.6) is 0 Å². The van der Waals surface area contributed by atoms with Gasteiger partial charge in [-0.3, -0.25) is 4.79 Å². The van der Waals surface area contributed by atoms with Gasteiger partial charge >= 0.3 is 6.18 Å². The number of halogens is 3. The molecule has 1 aromatic carbocycles. The van der Waals surface area contributed by atoms with Gasteiger partial charge in [0.05, 0.1) is 16.8 Å². The van der Waals surface area contributed by atoms with Crippen LogP contribution < -0.4 is 0 Å². The number of nitrogens with zero attached hydrogens (tertiary/aromatic N) is 3. The van der Waals surface area contributed by atoms with E-state index in [2.05, 4.69) is 16.0 Å². The Balaban J connectivity index is 1.75. The molecule has 3 aromatic rings. The molecule has 3 rings (SSSR count). The summed E-state index contributed by atoms with van der Waals surface area (Å²) in [6, 6.07) is 8.47. The Morgan fingerprint density at radius 1 is 1.24 bits per heavy atom. The van der Waals surface area contributed by atoms with Gasteiger partial charge < -0.3 is 0 Å². The van der Waals surface area contributed by atoms with Crippen molar-refractivity contribution in [3.8, 4) is 16.6 Å². The molecule has 0 saturated heterocycles. The summed E-state index contributed by atoms with van der Waals surface area (Å²) in [5, 5.41) is 12.3. The Kier molecular flexibility index (Phi) is 6.05. The summed E-state index contributed by atoms with van der Waals surface area (Å²) >= 11 is 2.66. The predicted octanol–water partition coefficient (Wildman–Crippen LogP) is 5.90. The number of ketones is 1. The van der Waals surface area contributed by atoms with E-state index in [4.69, 9.17) is 0 Å². The summed E-state index contributed by atoms with van der Waals surface area (Å²) in [6.07, 6.45) is -4.37. The van der Waals surface area contributed by atoms with Gasteiger partial charge in [0, 0.05) is 28.0 Å². The fraction of sp³-hybridized carbons (Fsp3) is 0.200. The maximum Gasteiger partial charge on any atom is 0.416 e. The lowest BCUT2D eigenvalue weighted by Gasteiger charge is -2.07. The number of pyridine rings is 1. The van der Waals surface area contributed by atoms with Crippen LogP contribution in [0.25, 0.3) is 10.6 Å². The molecule has 0 fully saturated rings. The van der Waals surface area contributed by atoms with Gasteiger partial charge in [-0.05, 0) is 32.0 Å². The smallest absolute Gasteiger partial charge is 0.294 e. The van der Waals surface area contributed by atoms with Crippen molar-refractivity contribution in [2.45, 2.75) is 30.8 Å². The van der Waals surface area contributed by atoms with Gasteiger partial charge in [-0.2, -0.15) is 18.4 Å². The third kappa shape index (κ3) is 4.83. The molecule has 0 unspecified atom stereocenters. The molecular formula is C20H14F3N3OS2.